The second kappa shape index (κ2) is 6.03. The lowest BCUT2D eigenvalue weighted by Crippen LogP contribution is -2.36. The molecule has 5 nitrogen and oxygen atoms in total. The minimum absolute atomic E-state index is 0.141. The van der Waals surface area contributed by atoms with Crippen molar-refractivity contribution in [1.29, 1.82) is 0 Å². The lowest BCUT2D eigenvalue weighted by atomic mass is 10.2. The van der Waals surface area contributed by atoms with Crippen LogP contribution >= 0.6 is 0 Å². The third-order valence-corrected chi connectivity index (χ3v) is 2.75. The molecule has 18 heavy (non-hydrogen) atoms. The molecule has 1 saturated heterocycles. The fourth-order valence-corrected chi connectivity index (χ4v) is 1.92. The molecule has 0 atom stereocenters. The van der Waals surface area contributed by atoms with Gasteiger partial charge in [-0.05, 0) is 12.1 Å². The van der Waals surface area contributed by atoms with E-state index in [0.717, 1.165) is 24.5 Å². The Balaban J connectivity index is 2.14. The van der Waals surface area contributed by atoms with E-state index in [1.54, 1.807) is 0 Å². The number of hydrogen-bond donors (Lipinski definition) is 1. The van der Waals surface area contributed by atoms with Gasteiger partial charge in [-0.25, -0.2) is 6.57 Å². The first-order valence-electron chi connectivity index (χ1n) is 5.86. The molecule has 1 aliphatic rings. The maximum atomic E-state index is 11.5. The first kappa shape index (κ1) is 12.4. The number of benzene rings is 1. The van der Waals surface area contributed by atoms with Crippen LogP contribution in [0.25, 0.3) is 4.85 Å². The van der Waals surface area contributed by atoms with Crippen molar-refractivity contribution in [3.8, 4) is 0 Å². The number of nitrogens with zero attached hydrogens (tertiary/aromatic N) is 2. The Kier molecular flexibility index (Phi) is 4.15. The SMILES string of the molecule is [C-]#[N+]CC(=O)Nc1ccccc1N1CCOCC1. The molecule has 2 rings (SSSR count). The highest BCUT2D eigenvalue weighted by atomic mass is 16.5. The lowest BCUT2D eigenvalue weighted by molar-refractivity contribution is -0.114. The van der Waals surface area contributed by atoms with Crippen molar-refractivity contribution in [3.05, 3.63) is 35.7 Å². The minimum atomic E-state index is -0.272. The summed E-state index contributed by atoms with van der Waals surface area (Å²) in [5, 5.41) is 2.77. The van der Waals surface area contributed by atoms with Gasteiger partial charge in [-0.1, -0.05) is 12.1 Å². The van der Waals surface area contributed by atoms with Crippen molar-refractivity contribution in [2.75, 3.05) is 43.1 Å². The summed E-state index contributed by atoms with van der Waals surface area (Å²) in [6.45, 7) is 9.57. The van der Waals surface area contributed by atoms with Crippen LogP contribution < -0.4 is 10.2 Å². The van der Waals surface area contributed by atoms with E-state index in [9.17, 15) is 4.79 Å². The number of anilines is 2. The number of para-hydroxylation sites is 2. The number of carbonyl (C=O) groups is 1. The van der Waals surface area contributed by atoms with Gasteiger partial charge in [-0.3, -0.25) is 4.79 Å². The highest BCUT2D eigenvalue weighted by Crippen LogP contribution is 2.26. The number of hydrogen-bond acceptors (Lipinski definition) is 3. The molecule has 0 aromatic heterocycles. The first-order chi connectivity index (χ1) is 8.81. The Morgan fingerprint density at radius 2 is 2.11 bits per heavy atom. The van der Waals surface area contributed by atoms with Gasteiger partial charge in [0.1, 0.15) is 0 Å². The largest absolute Gasteiger partial charge is 0.378 e. The highest BCUT2D eigenvalue weighted by Gasteiger charge is 2.15. The molecule has 0 unspecified atom stereocenters. The number of amides is 1. The second-order valence-electron chi connectivity index (χ2n) is 3.98. The molecule has 0 spiro atoms. The molecule has 1 amide bonds. The summed E-state index contributed by atoms with van der Waals surface area (Å²) in [4.78, 5) is 16.7. The van der Waals surface area contributed by atoms with E-state index in [4.69, 9.17) is 11.3 Å². The van der Waals surface area contributed by atoms with Gasteiger partial charge in [0.05, 0.1) is 24.6 Å². The van der Waals surface area contributed by atoms with E-state index in [0.29, 0.717) is 13.2 Å². The van der Waals surface area contributed by atoms with Crippen LogP contribution in [0.2, 0.25) is 0 Å². The monoisotopic (exact) mass is 245 g/mol. The molecule has 94 valence electrons. The normalized spacial score (nSPS) is 14.9. The van der Waals surface area contributed by atoms with E-state index >= 15 is 0 Å². The molecule has 0 aliphatic carbocycles. The summed E-state index contributed by atoms with van der Waals surface area (Å²) in [5.74, 6) is -0.272. The number of rotatable bonds is 3. The molecule has 0 bridgehead atoms. The molecule has 1 heterocycles. The lowest BCUT2D eigenvalue weighted by Gasteiger charge is -2.30. The molecular weight excluding hydrogens is 230 g/mol. The van der Waals surface area contributed by atoms with E-state index in [-0.39, 0.29) is 12.5 Å². The summed E-state index contributed by atoms with van der Waals surface area (Å²) in [6.07, 6.45) is 0. The van der Waals surface area contributed by atoms with Gasteiger partial charge in [0, 0.05) is 13.1 Å². The second-order valence-corrected chi connectivity index (χ2v) is 3.98. The van der Waals surface area contributed by atoms with Crippen LogP contribution in [0.5, 0.6) is 0 Å². The molecule has 0 radical (unpaired) electrons. The molecule has 1 fully saturated rings. The smallest absolute Gasteiger partial charge is 0.304 e. The summed E-state index contributed by atoms with van der Waals surface area (Å²) in [6, 6.07) is 7.64. The Bertz CT molecular complexity index is 462. The van der Waals surface area contributed by atoms with E-state index in [1.807, 2.05) is 24.3 Å². The summed E-state index contributed by atoms with van der Waals surface area (Å²) < 4.78 is 5.31. The van der Waals surface area contributed by atoms with Crippen LogP contribution in [0.1, 0.15) is 0 Å². The zero-order chi connectivity index (χ0) is 12.8. The average molecular weight is 245 g/mol. The molecule has 1 N–H and O–H groups in total. The Labute approximate surface area is 106 Å². The summed E-state index contributed by atoms with van der Waals surface area (Å²) in [7, 11) is 0. The zero-order valence-corrected chi connectivity index (χ0v) is 10.1. The maximum absolute atomic E-state index is 11.5. The Hall–Kier alpha value is -2.06. The van der Waals surface area contributed by atoms with Gasteiger partial charge in [0.25, 0.3) is 6.54 Å². The van der Waals surface area contributed by atoms with E-state index < -0.39 is 0 Å². The van der Waals surface area contributed by atoms with Gasteiger partial charge >= 0.3 is 5.91 Å². The molecule has 0 saturated carbocycles. The maximum Gasteiger partial charge on any atom is 0.304 e. The number of nitrogens with one attached hydrogen (secondary N) is 1. The van der Waals surface area contributed by atoms with Gasteiger partial charge in [-0.15, -0.1) is 0 Å². The Morgan fingerprint density at radius 3 is 2.83 bits per heavy atom. The fraction of sp³-hybridized carbons (Fsp3) is 0.385. The summed E-state index contributed by atoms with van der Waals surface area (Å²) >= 11 is 0. The third kappa shape index (κ3) is 2.99. The van der Waals surface area contributed by atoms with Crippen molar-refractivity contribution in [2.45, 2.75) is 0 Å². The van der Waals surface area contributed by atoms with Crippen molar-refractivity contribution < 1.29 is 9.53 Å². The third-order valence-electron chi connectivity index (χ3n) is 2.75. The standard InChI is InChI=1S/C13H15N3O2/c1-14-10-13(17)15-11-4-2-3-5-12(11)16-6-8-18-9-7-16/h2-5H,6-10H2,(H,15,17). The van der Waals surface area contributed by atoms with Crippen molar-refractivity contribution in [3.63, 3.8) is 0 Å². The number of carbonyl (C=O) groups excluding carboxylic acids is 1. The number of morpholine rings is 1. The minimum Gasteiger partial charge on any atom is -0.378 e. The molecule has 1 aromatic rings. The van der Waals surface area contributed by atoms with E-state index in [1.165, 1.54) is 0 Å². The van der Waals surface area contributed by atoms with Gasteiger partial charge in [-0.2, -0.15) is 0 Å². The molecule has 1 aromatic carbocycles. The molecule has 1 aliphatic heterocycles. The topological polar surface area (TPSA) is 45.9 Å². The van der Waals surface area contributed by atoms with Crippen LogP contribution in [0.3, 0.4) is 0 Å². The van der Waals surface area contributed by atoms with Crippen molar-refractivity contribution in [2.24, 2.45) is 0 Å². The Morgan fingerprint density at radius 1 is 1.39 bits per heavy atom. The van der Waals surface area contributed by atoms with Crippen molar-refractivity contribution in [1.82, 2.24) is 0 Å². The predicted octanol–water partition coefficient (Wildman–Crippen LogP) is 1.38. The van der Waals surface area contributed by atoms with Crippen LogP contribution in [-0.2, 0) is 9.53 Å². The van der Waals surface area contributed by atoms with E-state index in [2.05, 4.69) is 15.1 Å². The molecular formula is C13H15N3O2. The van der Waals surface area contributed by atoms with Gasteiger partial charge in [0.15, 0.2) is 0 Å². The first-order valence-corrected chi connectivity index (χ1v) is 5.86. The van der Waals surface area contributed by atoms with Crippen LogP contribution in [-0.4, -0.2) is 38.8 Å². The van der Waals surface area contributed by atoms with Gasteiger partial charge < -0.3 is 19.8 Å². The van der Waals surface area contributed by atoms with Crippen LogP contribution in [0.4, 0.5) is 11.4 Å². The van der Waals surface area contributed by atoms with Crippen LogP contribution in [0, 0.1) is 6.57 Å². The zero-order valence-electron chi connectivity index (χ0n) is 10.1. The van der Waals surface area contributed by atoms with Crippen LogP contribution in [0.15, 0.2) is 24.3 Å². The van der Waals surface area contributed by atoms with Crippen molar-refractivity contribution >= 4 is 17.3 Å². The van der Waals surface area contributed by atoms with Gasteiger partial charge in [0.2, 0.25) is 0 Å². The predicted molar refractivity (Wildman–Crippen MR) is 69.6 cm³/mol. The average Bonchev–Trinajstić information content (AvgIpc) is 2.40. The summed E-state index contributed by atoms with van der Waals surface area (Å²) in [5.41, 5.74) is 1.74. The quantitative estimate of drug-likeness (QED) is 0.818. The number of ether oxygens (including phenoxy) is 1. The molecule has 5 heteroatoms. The fourth-order valence-electron chi connectivity index (χ4n) is 1.92. The highest BCUT2D eigenvalue weighted by molar-refractivity contribution is 5.96.